The number of hydrogen-bond acceptors (Lipinski definition) is 4. The summed E-state index contributed by atoms with van der Waals surface area (Å²) in [5, 5.41) is 15.5. The van der Waals surface area contributed by atoms with Gasteiger partial charge in [-0.1, -0.05) is 30.3 Å². The van der Waals surface area contributed by atoms with E-state index in [9.17, 15) is 9.90 Å². The molecule has 5 nitrogen and oxygen atoms in total. The lowest BCUT2D eigenvalue weighted by Crippen LogP contribution is -2.11. The van der Waals surface area contributed by atoms with Crippen molar-refractivity contribution in [2.45, 2.75) is 19.6 Å². The fourth-order valence-electron chi connectivity index (χ4n) is 2.58. The molecule has 1 atom stereocenters. The van der Waals surface area contributed by atoms with Crippen molar-refractivity contribution in [3.05, 3.63) is 83.8 Å². The van der Waals surface area contributed by atoms with E-state index >= 15 is 0 Å². The summed E-state index contributed by atoms with van der Waals surface area (Å²) >= 11 is 0. The summed E-state index contributed by atoms with van der Waals surface area (Å²) in [6, 6.07) is 17.0. The smallest absolute Gasteiger partial charge is 0.258 e. The van der Waals surface area contributed by atoms with Crippen molar-refractivity contribution in [1.82, 2.24) is 0 Å². The molecule has 0 radical (unpaired) electrons. The van der Waals surface area contributed by atoms with Gasteiger partial charge in [-0.15, -0.1) is 0 Å². The van der Waals surface area contributed by atoms with Crippen molar-refractivity contribution in [3.63, 3.8) is 0 Å². The largest absolute Gasteiger partial charge is 0.472 e. The predicted octanol–water partition coefficient (Wildman–Crippen LogP) is 4.20. The van der Waals surface area contributed by atoms with E-state index in [-0.39, 0.29) is 18.6 Å². The lowest BCUT2D eigenvalue weighted by Gasteiger charge is -2.17. The van der Waals surface area contributed by atoms with Crippen LogP contribution in [0.1, 0.15) is 34.5 Å². The van der Waals surface area contributed by atoms with Crippen molar-refractivity contribution in [2.24, 2.45) is 0 Å². The first-order chi connectivity index (χ1) is 12.2. The van der Waals surface area contributed by atoms with Gasteiger partial charge < -0.3 is 20.2 Å². The summed E-state index contributed by atoms with van der Waals surface area (Å²) in [6.07, 6.45) is 2.88. The number of anilines is 2. The van der Waals surface area contributed by atoms with Gasteiger partial charge in [0.15, 0.2) is 0 Å². The summed E-state index contributed by atoms with van der Waals surface area (Å²) in [5.41, 5.74) is 4.04. The summed E-state index contributed by atoms with van der Waals surface area (Å²) in [7, 11) is 0. The van der Waals surface area contributed by atoms with Crippen LogP contribution in [0.3, 0.4) is 0 Å². The van der Waals surface area contributed by atoms with Crippen molar-refractivity contribution < 1.29 is 14.3 Å². The van der Waals surface area contributed by atoms with E-state index in [0.717, 1.165) is 16.8 Å². The minimum absolute atomic E-state index is 0.0239. The molecule has 1 aromatic heterocycles. The maximum Gasteiger partial charge on any atom is 0.258 e. The molecule has 5 heteroatoms. The molecule has 0 spiro atoms. The average molecular weight is 336 g/mol. The molecule has 0 aliphatic rings. The molecule has 1 heterocycles. The Bertz CT molecular complexity index is 844. The molecule has 25 heavy (non-hydrogen) atoms. The summed E-state index contributed by atoms with van der Waals surface area (Å²) in [4.78, 5) is 12.1. The van der Waals surface area contributed by atoms with Crippen LogP contribution in [0.15, 0.2) is 71.5 Å². The van der Waals surface area contributed by atoms with Gasteiger partial charge in [-0.2, -0.15) is 0 Å². The third kappa shape index (κ3) is 4.28. The highest BCUT2D eigenvalue weighted by Gasteiger charge is 2.09. The molecule has 0 aliphatic heterocycles. The first kappa shape index (κ1) is 16.8. The molecular formula is C20H20N2O3. The third-order valence-electron chi connectivity index (χ3n) is 3.92. The molecule has 128 valence electrons. The molecule has 0 aliphatic carbocycles. The Morgan fingerprint density at radius 1 is 1.12 bits per heavy atom. The van der Waals surface area contributed by atoms with Gasteiger partial charge in [0.25, 0.3) is 5.91 Å². The zero-order valence-corrected chi connectivity index (χ0v) is 13.9. The van der Waals surface area contributed by atoms with E-state index in [2.05, 4.69) is 10.6 Å². The molecule has 3 rings (SSSR count). The molecule has 3 aromatic rings. The van der Waals surface area contributed by atoms with Gasteiger partial charge in [-0.25, -0.2) is 0 Å². The van der Waals surface area contributed by atoms with Crippen LogP contribution in [0.5, 0.6) is 0 Å². The molecule has 0 saturated carbocycles. The number of amides is 1. The van der Waals surface area contributed by atoms with E-state index in [1.807, 2.05) is 55.5 Å². The van der Waals surface area contributed by atoms with Crippen molar-refractivity contribution in [1.29, 1.82) is 0 Å². The SMILES string of the molecule is CC(Nc1cccc(NC(=O)c2ccoc2)c1)c1cccc(CO)c1. The second kappa shape index (κ2) is 7.68. The Morgan fingerprint density at radius 3 is 2.68 bits per heavy atom. The number of aliphatic hydroxyl groups is 1. The predicted molar refractivity (Wildman–Crippen MR) is 97.5 cm³/mol. The second-order valence-corrected chi connectivity index (χ2v) is 5.82. The van der Waals surface area contributed by atoms with Crippen LogP contribution in [0.2, 0.25) is 0 Å². The minimum atomic E-state index is -0.213. The summed E-state index contributed by atoms with van der Waals surface area (Å²) < 4.78 is 4.93. The molecule has 0 saturated heterocycles. The van der Waals surface area contributed by atoms with E-state index in [0.29, 0.717) is 11.3 Å². The third-order valence-corrected chi connectivity index (χ3v) is 3.92. The molecule has 3 N–H and O–H groups in total. The zero-order valence-electron chi connectivity index (χ0n) is 13.9. The highest BCUT2D eigenvalue weighted by molar-refractivity contribution is 6.04. The number of benzene rings is 2. The van der Waals surface area contributed by atoms with Crippen LogP contribution in [-0.2, 0) is 6.61 Å². The molecule has 1 unspecified atom stereocenters. The van der Waals surface area contributed by atoms with Gasteiger partial charge in [-0.05, 0) is 42.3 Å². The molecule has 1 amide bonds. The zero-order chi connectivity index (χ0) is 17.6. The Kier molecular flexibility index (Phi) is 5.16. The maximum absolute atomic E-state index is 12.1. The van der Waals surface area contributed by atoms with Gasteiger partial charge in [-0.3, -0.25) is 4.79 Å². The number of rotatable bonds is 6. The van der Waals surface area contributed by atoms with E-state index in [1.165, 1.54) is 12.5 Å². The second-order valence-electron chi connectivity index (χ2n) is 5.82. The topological polar surface area (TPSA) is 74.5 Å². The van der Waals surface area contributed by atoms with Crippen LogP contribution in [0.25, 0.3) is 0 Å². The number of aliphatic hydroxyl groups excluding tert-OH is 1. The fourth-order valence-corrected chi connectivity index (χ4v) is 2.58. The normalized spacial score (nSPS) is 11.8. The molecular weight excluding hydrogens is 316 g/mol. The first-order valence-corrected chi connectivity index (χ1v) is 8.05. The molecule has 0 bridgehead atoms. The first-order valence-electron chi connectivity index (χ1n) is 8.05. The monoisotopic (exact) mass is 336 g/mol. The lowest BCUT2D eigenvalue weighted by atomic mass is 10.1. The number of hydrogen-bond donors (Lipinski definition) is 3. The Morgan fingerprint density at radius 2 is 1.92 bits per heavy atom. The van der Waals surface area contributed by atoms with Crippen molar-refractivity contribution in [3.8, 4) is 0 Å². The van der Waals surface area contributed by atoms with Crippen LogP contribution >= 0.6 is 0 Å². The number of nitrogens with one attached hydrogen (secondary N) is 2. The van der Waals surface area contributed by atoms with Crippen molar-refractivity contribution in [2.75, 3.05) is 10.6 Å². The van der Waals surface area contributed by atoms with E-state index < -0.39 is 0 Å². The van der Waals surface area contributed by atoms with E-state index in [4.69, 9.17) is 4.42 Å². The highest BCUT2D eigenvalue weighted by Crippen LogP contribution is 2.23. The molecule has 2 aromatic carbocycles. The average Bonchev–Trinajstić information content (AvgIpc) is 3.17. The minimum Gasteiger partial charge on any atom is -0.472 e. The standard InChI is InChI=1S/C20H20N2O3/c1-14(16-5-2-4-15(10-16)12-23)21-18-6-3-7-19(11-18)22-20(24)17-8-9-25-13-17/h2-11,13-14,21,23H,12H2,1H3,(H,22,24). The summed E-state index contributed by atoms with van der Waals surface area (Å²) in [6.45, 7) is 2.07. The Labute approximate surface area is 146 Å². The van der Waals surface area contributed by atoms with Gasteiger partial charge in [0.1, 0.15) is 6.26 Å². The van der Waals surface area contributed by atoms with Crippen molar-refractivity contribution >= 4 is 17.3 Å². The molecule has 0 fully saturated rings. The Hall–Kier alpha value is -3.05. The summed E-state index contributed by atoms with van der Waals surface area (Å²) in [5.74, 6) is -0.213. The van der Waals surface area contributed by atoms with Gasteiger partial charge in [0.2, 0.25) is 0 Å². The number of furan rings is 1. The quantitative estimate of drug-likeness (QED) is 0.631. The maximum atomic E-state index is 12.1. The van der Waals surface area contributed by atoms with E-state index in [1.54, 1.807) is 6.07 Å². The van der Waals surface area contributed by atoms with Gasteiger partial charge in [0, 0.05) is 17.4 Å². The van der Waals surface area contributed by atoms with Crippen LogP contribution < -0.4 is 10.6 Å². The fraction of sp³-hybridized carbons (Fsp3) is 0.150. The number of carbonyl (C=O) groups is 1. The van der Waals surface area contributed by atoms with Gasteiger partial charge >= 0.3 is 0 Å². The highest BCUT2D eigenvalue weighted by atomic mass is 16.3. The van der Waals surface area contributed by atoms with Crippen LogP contribution in [0, 0.1) is 0 Å². The lowest BCUT2D eigenvalue weighted by molar-refractivity contribution is 0.102. The number of carbonyl (C=O) groups excluding carboxylic acids is 1. The van der Waals surface area contributed by atoms with Gasteiger partial charge in [0.05, 0.1) is 18.4 Å². The van der Waals surface area contributed by atoms with Crippen LogP contribution in [-0.4, -0.2) is 11.0 Å². The Balaban J connectivity index is 1.69. The van der Waals surface area contributed by atoms with Crippen LogP contribution in [0.4, 0.5) is 11.4 Å².